The molecule has 0 saturated heterocycles. The van der Waals surface area contributed by atoms with E-state index in [0.717, 1.165) is 22.7 Å². The lowest BCUT2D eigenvalue weighted by Crippen LogP contribution is -2.10. The number of aromatic nitrogens is 1. The molecule has 172 valence electrons. The molecular weight excluding hydrogens is 479 g/mol. The lowest BCUT2D eigenvalue weighted by atomic mass is 10.1. The molecule has 0 aliphatic carbocycles. The summed E-state index contributed by atoms with van der Waals surface area (Å²) in [6.07, 6.45) is 1.61. The number of rotatable bonds is 7. The van der Waals surface area contributed by atoms with Crippen molar-refractivity contribution in [2.45, 2.75) is 17.1 Å². The van der Waals surface area contributed by atoms with E-state index >= 15 is 0 Å². The molecule has 0 amide bonds. The maximum atomic E-state index is 14.4. The Hall–Kier alpha value is -3.31. The fourth-order valence-corrected chi connectivity index (χ4v) is 6.19. The summed E-state index contributed by atoms with van der Waals surface area (Å²) in [5, 5.41) is 9.43. The highest BCUT2D eigenvalue weighted by Crippen LogP contribution is 2.38. The first-order chi connectivity index (χ1) is 15.6. The maximum absolute atomic E-state index is 14.4. The zero-order chi connectivity index (χ0) is 23.9. The third-order valence-corrected chi connectivity index (χ3v) is 8.30. The average Bonchev–Trinajstić information content (AvgIpc) is 3.43. The van der Waals surface area contributed by atoms with E-state index in [1.54, 1.807) is 24.3 Å². The molecule has 0 fully saturated rings. The van der Waals surface area contributed by atoms with Gasteiger partial charge in [0.2, 0.25) is 5.82 Å². The number of methoxy groups -OCH3 is 1. The van der Waals surface area contributed by atoms with Gasteiger partial charge < -0.3 is 9.84 Å². The fourth-order valence-electron chi connectivity index (χ4n) is 3.43. The number of hydrogen-bond donors (Lipinski definition) is 1. The Morgan fingerprint density at radius 2 is 1.85 bits per heavy atom. The number of halogens is 3. The van der Waals surface area contributed by atoms with Crippen LogP contribution in [0.25, 0.3) is 21.3 Å². The maximum Gasteiger partial charge on any atom is 0.303 e. The normalized spacial score (nSPS) is 11.8. The molecule has 2 aromatic heterocycles. The Morgan fingerprint density at radius 3 is 2.55 bits per heavy atom. The van der Waals surface area contributed by atoms with Crippen LogP contribution in [0.2, 0.25) is 0 Å². The van der Waals surface area contributed by atoms with Crippen LogP contribution in [-0.2, 0) is 21.2 Å². The summed E-state index contributed by atoms with van der Waals surface area (Å²) < 4.78 is 74.4. The number of nitrogens with zero attached hydrogens (tertiary/aromatic N) is 1. The first kappa shape index (κ1) is 22.9. The molecule has 2 aromatic carbocycles. The highest BCUT2D eigenvalue weighted by atomic mass is 32.2. The molecule has 0 aliphatic rings. The average molecular weight is 496 g/mol. The van der Waals surface area contributed by atoms with Crippen LogP contribution in [0.15, 0.2) is 52.9 Å². The number of fused-ring (bicyclic) bond motifs is 1. The van der Waals surface area contributed by atoms with Crippen LogP contribution in [0.5, 0.6) is 5.75 Å². The Balaban J connectivity index is 1.71. The van der Waals surface area contributed by atoms with E-state index in [-0.39, 0.29) is 15.5 Å². The van der Waals surface area contributed by atoms with Gasteiger partial charge in [0.1, 0.15) is 4.21 Å². The number of aryl methyl sites for hydroxylation is 1. The highest BCUT2D eigenvalue weighted by Gasteiger charge is 2.25. The van der Waals surface area contributed by atoms with Gasteiger partial charge in [-0.25, -0.2) is 12.8 Å². The van der Waals surface area contributed by atoms with Gasteiger partial charge in [0.25, 0.3) is 10.0 Å². The second kappa shape index (κ2) is 8.56. The Labute approximate surface area is 190 Å². The third kappa shape index (κ3) is 4.09. The van der Waals surface area contributed by atoms with Gasteiger partial charge in [0, 0.05) is 28.4 Å². The van der Waals surface area contributed by atoms with Gasteiger partial charge in [0.05, 0.1) is 12.6 Å². The Morgan fingerprint density at radius 1 is 1.09 bits per heavy atom. The molecule has 11 heteroatoms. The molecule has 33 heavy (non-hydrogen) atoms. The number of thiophene rings is 1. The molecule has 0 aliphatic heterocycles. The smallest absolute Gasteiger partial charge is 0.303 e. The molecule has 0 saturated carbocycles. The molecule has 0 spiro atoms. The van der Waals surface area contributed by atoms with Crippen LogP contribution >= 0.6 is 11.3 Å². The van der Waals surface area contributed by atoms with Crippen molar-refractivity contribution in [3.8, 4) is 16.2 Å². The number of benzene rings is 2. The van der Waals surface area contributed by atoms with E-state index in [0.29, 0.717) is 28.7 Å². The molecule has 0 unspecified atom stereocenters. The zero-order valence-corrected chi connectivity index (χ0v) is 18.6. The van der Waals surface area contributed by atoms with Gasteiger partial charge in [0.15, 0.2) is 17.4 Å². The van der Waals surface area contributed by atoms with Crippen molar-refractivity contribution in [1.29, 1.82) is 0 Å². The third-order valence-electron chi connectivity index (χ3n) is 5.03. The second-order valence-electron chi connectivity index (χ2n) is 7.09. The summed E-state index contributed by atoms with van der Waals surface area (Å²) in [4.78, 5) is 10.8. The van der Waals surface area contributed by atoms with Crippen LogP contribution in [-0.4, -0.2) is 30.6 Å². The summed E-state index contributed by atoms with van der Waals surface area (Å²) in [7, 11) is -3.08. The number of aliphatic carboxylic acids is 1. The van der Waals surface area contributed by atoms with Gasteiger partial charge in [-0.2, -0.15) is 12.8 Å². The molecule has 1 N–H and O–H groups in total. The van der Waals surface area contributed by atoms with Crippen molar-refractivity contribution in [2.24, 2.45) is 0 Å². The molecule has 0 bridgehead atoms. The number of ether oxygens (including phenoxy) is 1. The standard InChI is InChI=1S/C22H16F3NO5S2/c1-31-22-15(23)11-14(20(24)21(22)25)17-5-7-19(32-17)33(29,30)26-9-8-13-10-12(2-4-16(13)26)3-6-18(27)28/h2,4-5,7-11H,3,6H2,1H3,(H,27,28). The summed E-state index contributed by atoms with van der Waals surface area (Å²) in [6.45, 7) is 0. The summed E-state index contributed by atoms with van der Waals surface area (Å²) >= 11 is 0.671. The van der Waals surface area contributed by atoms with E-state index in [1.807, 2.05) is 0 Å². The van der Waals surface area contributed by atoms with Crippen LogP contribution in [0, 0.1) is 17.5 Å². The van der Waals surface area contributed by atoms with E-state index < -0.39 is 44.8 Å². The van der Waals surface area contributed by atoms with Crippen molar-refractivity contribution < 1.29 is 36.2 Å². The topological polar surface area (TPSA) is 85.6 Å². The Bertz CT molecular complexity index is 1490. The van der Waals surface area contributed by atoms with Crippen LogP contribution in [0.3, 0.4) is 0 Å². The van der Waals surface area contributed by atoms with Gasteiger partial charge in [-0.15, -0.1) is 11.3 Å². The van der Waals surface area contributed by atoms with Gasteiger partial charge in [-0.1, -0.05) is 6.07 Å². The largest absolute Gasteiger partial charge is 0.491 e. The highest BCUT2D eigenvalue weighted by molar-refractivity contribution is 7.92. The summed E-state index contributed by atoms with van der Waals surface area (Å²) in [5.41, 5.74) is 0.701. The Kier molecular flexibility index (Phi) is 5.93. The molecule has 2 heterocycles. The molecule has 4 rings (SSSR count). The minimum Gasteiger partial charge on any atom is -0.491 e. The van der Waals surface area contributed by atoms with Crippen LogP contribution in [0.4, 0.5) is 13.2 Å². The van der Waals surface area contributed by atoms with Gasteiger partial charge in [-0.05, 0) is 48.4 Å². The monoisotopic (exact) mass is 495 g/mol. The SMILES string of the molecule is COc1c(F)cc(-c2ccc(S(=O)(=O)n3ccc4cc(CCC(=O)O)ccc43)s2)c(F)c1F. The first-order valence-corrected chi connectivity index (χ1v) is 11.8. The van der Waals surface area contributed by atoms with Crippen molar-refractivity contribution in [2.75, 3.05) is 7.11 Å². The number of hydrogen-bond acceptors (Lipinski definition) is 5. The molecular formula is C22H16F3NO5S2. The molecule has 6 nitrogen and oxygen atoms in total. The lowest BCUT2D eigenvalue weighted by Gasteiger charge is -2.08. The second-order valence-corrected chi connectivity index (χ2v) is 10.2. The van der Waals surface area contributed by atoms with Crippen molar-refractivity contribution >= 4 is 38.2 Å². The van der Waals surface area contributed by atoms with E-state index in [9.17, 15) is 26.4 Å². The van der Waals surface area contributed by atoms with Crippen molar-refractivity contribution in [3.63, 3.8) is 0 Å². The predicted octanol–water partition coefficient (Wildman–Crippen LogP) is 5.05. The minimum atomic E-state index is -4.09. The molecule has 0 atom stereocenters. The van der Waals surface area contributed by atoms with Crippen LogP contribution < -0.4 is 4.74 Å². The fraction of sp³-hybridized carbons (Fsp3) is 0.136. The van der Waals surface area contributed by atoms with Crippen molar-refractivity contribution in [1.82, 2.24) is 3.97 Å². The minimum absolute atomic E-state index is 0.0268. The van der Waals surface area contributed by atoms with Crippen molar-refractivity contribution in [3.05, 3.63) is 71.7 Å². The first-order valence-electron chi connectivity index (χ1n) is 9.52. The van der Waals surface area contributed by atoms with Gasteiger partial charge >= 0.3 is 5.97 Å². The summed E-state index contributed by atoms with van der Waals surface area (Å²) in [5.74, 6) is -5.75. The molecule has 4 aromatic rings. The number of carboxylic acid groups (broad SMARTS) is 1. The number of carboxylic acids is 1. The van der Waals surface area contributed by atoms with Crippen LogP contribution in [0.1, 0.15) is 12.0 Å². The van der Waals surface area contributed by atoms with E-state index in [1.165, 1.54) is 18.3 Å². The quantitative estimate of drug-likeness (QED) is 0.363. The predicted molar refractivity (Wildman–Crippen MR) is 117 cm³/mol. The summed E-state index contributed by atoms with van der Waals surface area (Å²) in [6, 6.07) is 9.78. The van der Waals surface area contributed by atoms with E-state index in [4.69, 9.17) is 5.11 Å². The lowest BCUT2D eigenvalue weighted by molar-refractivity contribution is -0.136. The zero-order valence-electron chi connectivity index (χ0n) is 17.0. The molecule has 0 radical (unpaired) electrons. The number of carbonyl (C=O) groups is 1. The van der Waals surface area contributed by atoms with E-state index in [2.05, 4.69) is 4.74 Å². The van der Waals surface area contributed by atoms with Gasteiger partial charge in [-0.3, -0.25) is 4.79 Å².